The lowest BCUT2D eigenvalue weighted by atomic mass is 10.3. The van der Waals surface area contributed by atoms with Crippen molar-refractivity contribution in [3.05, 3.63) is 34.0 Å². The average Bonchev–Trinajstić information content (AvgIpc) is 2.71. The van der Waals surface area contributed by atoms with Gasteiger partial charge in [-0.15, -0.1) is 0 Å². The molecule has 0 radical (unpaired) electrons. The van der Waals surface area contributed by atoms with Gasteiger partial charge in [0.15, 0.2) is 0 Å². The Morgan fingerprint density at radius 3 is 2.67 bits per heavy atom. The van der Waals surface area contributed by atoms with Crippen molar-refractivity contribution < 1.29 is 4.92 Å². The largest absolute Gasteiger partial charge is 0.357 e. The summed E-state index contributed by atoms with van der Waals surface area (Å²) in [4.78, 5) is 16.4. The zero-order valence-electron chi connectivity index (χ0n) is 8.43. The fourth-order valence-corrected chi connectivity index (χ4v) is 1.79. The van der Waals surface area contributed by atoms with Gasteiger partial charge in [-0.05, 0) is 25.0 Å². The molecular weight excluding hydrogens is 194 g/mol. The third kappa shape index (κ3) is 2.43. The van der Waals surface area contributed by atoms with Crippen LogP contribution in [0.5, 0.6) is 0 Å². The normalized spacial score (nSPS) is 15.6. The molecule has 15 heavy (non-hydrogen) atoms. The van der Waals surface area contributed by atoms with Crippen LogP contribution in [-0.4, -0.2) is 23.0 Å². The van der Waals surface area contributed by atoms with E-state index in [0.29, 0.717) is 5.56 Å². The van der Waals surface area contributed by atoms with E-state index < -0.39 is 0 Å². The number of nitrogens with zero attached hydrogens (tertiary/aromatic N) is 3. The van der Waals surface area contributed by atoms with E-state index in [2.05, 4.69) is 9.88 Å². The highest BCUT2D eigenvalue weighted by Gasteiger charge is 2.13. The van der Waals surface area contributed by atoms with Crippen LogP contribution in [0.4, 0.5) is 5.82 Å². The number of hydrogen-bond acceptors (Lipinski definition) is 4. The van der Waals surface area contributed by atoms with E-state index >= 15 is 0 Å². The molecule has 80 valence electrons. The number of pyridine rings is 1. The van der Waals surface area contributed by atoms with Crippen molar-refractivity contribution in [2.45, 2.75) is 19.4 Å². The molecule has 0 N–H and O–H groups in total. The van der Waals surface area contributed by atoms with E-state index in [1.807, 2.05) is 6.07 Å². The monoisotopic (exact) mass is 207 g/mol. The molecule has 2 heterocycles. The lowest BCUT2D eigenvalue weighted by Gasteiger charge is -2.15. The summed E-state index contributed by atoms with van der Waals surface area (Å²) < 4.78 is 0. The molecule has 0 spiro atoms. The summed E-state index contributed by atoms with van der Waals surface area (Å²) in [5.74, 6) is 0.930. The van der Waals surface area contributed by atoms with Gasteiger partial charge < -0.3 is 4.90 Å². The summed E-state index contributed by atoms with van der Waals surface area (Å²) in [6.07, 6.45) is 4.01. The quantitative estimate of drug-likeness (QED) is 0.556. The Bertz CT molecular complexity index is 344. The van der Waals surface area contributed by atoms with Gasteiger partial charge in [-0.25, -0.2) is 4.98 Å². The lowest BCUT2D eigenvalue weighted by molar-refractivity contribution is -0.496. The molecule has 5 heteroatoms. The first-order chi connectivity index (χ1) is 7.25. The molecule has 1 aliphatic rings. The Hall–Kier alpha value is -1.65. The van der Waals surface area contributed by atoms with Gasteiger partial charge in [0.25, 0.3) is 0 Å². The zero-order valence-corrected chi connectivity index (χ0v) is 8.43. The predicted octanol–water partition coefficient (Wildman–Crippen LogP) is 1.46. The first-order valence-corrected chi connectivity index (χ1v) is 5.07. The molecule has 1 saturated heterocycles. The fourth-order valence-electron chi connectivity index (χ4n) is 1.79. The van der Waals surface area contributed by atoms with Crippen LogP contribution >= 0.6 is 0 Å². The van der Waals surface area contributed by atoms with Crippen LogP contribution in [0, 0.1) is 10.1 Å². The van der Waals surface area contributed by atoms with E-state index in [1.165, 1.54) is 12.8 Å². The smallest absolute Gasteiger partial charge is 0.230 e. The van der Waals surface area contributed by atoms with E-state index in [1.54, 1.807) is 12.3 Å². The minimum absolute atomic E-state index is 0.146. The van der Waals surface area contributed by atoms with Crippen molar-refractivity contribution >= 4 is 5.82 Å². The van der Waals surface area contributed by atoms with E-state index in [4.69, 9.17) is 0 Å². The maximum absolute atomic E-state index is 10.3. The van der Waals surface area contributed by atoms with E-state index in [0.717, 1.165) is 18.9 Å². The second-order valence-corrected chi connectivity index (χ2v) is 3.71. The predicted molar refractivity (Wildman–Crippen MR) is 56.4 cm³/mol. The number of anilines is 1. The van der Waals surface area contributed by atoms with Crippen molar-refractivity contribution in [2.24, 2.45) is 0 Å². The van der Waals surface area contributed by atoms with Crippen LogP contribution in [0.2, 0.25) is 0 Å². The van der Waals surface area contributed by atoms with E-state index in [-0.39, 0.29) is 11.5 Å². The molecule has 1 aromatic heterocycles. The third-order valence-electron chi connectivity index (χ3n) is 2.55. The molecular formula is C10H13N3O2. The fraction of sp³-hybridized carbons (Fsp3) is 0.500. The zero-order chi connectivity index (χ0) is 10.7. The SMILES string of the molecule is O=[N+]([O-])Cc1ccc(N2CCCC2)nc1. The summed E-state index contributed by atoms with van der Waals surface area (Å²) in [6.45, 7) is 1.94. The summed E-state index contributed by atoms with van der Waals surface area (Å²) in [6, 6.07) is 3.65. The average molecular weight is 207 g/mol. The highest BCUT2D eigenvalue weighted by molar-refractivity contribution is 5.39. The second kappa shape index (κ2) is 4.25. The Labute approximate surface area is 87.9 Å². The van der Waals surface area contributed by atoms with Gasteiger partial charge in [-0.3, -0.25) is 10.1 Å². The highest BCUT2D eigenvalue weighted by atomic mass is 16.6. The minimum atomic E-state index is -0.341. The molecule has 0 atom stereocenters. The number of aromatic nitrogens is 1. The Balaban J connectivity index is 2.06. The van der Waals surface area contributed by atoms with Crippen molar-refractivity contribution in [1.82, 2.24) is 4.98 Å². The van der Waals surface area contributed by atoms with Gasteiger partial charge in [0.1, 0.15) is 5.82 Å². The van der Waals surface area contributed by atoms with Crippen LogP contribution in [0.25, 0.3) is 0 Å². The summed E-state index contributed by atoms with van der Waals surface area (Å²) >= 11 is 0. The Morgan fingerprint density at radius 2 is 2.13 bits per heavy atom. The van der Waals surface area contributed by atoms with Crippen LogP contribution in [0.1, 0.15) is 18.4 Å². The van der Waals surface area contributed by atoms with Gasteiger partial charge in [0, 0.05) is 29.8 Å². The number of rotatable bonds is 3. The Morgan fingerprint density at radius 1 is 1.40 bits per heavy atom. The molecule has 0 amide bonds. The molecule has 0 saturated carbocycles. The molecule has 0 unspecified atom stereocenters. The summed E-state index contributed by atoms with van der Waals surface area (Å²) in [5.41, 5.74) is 0.656. The first-order valence-electron chi connectivity index (χ1n) is 5.07. The number of hydrogen-bond donors (Lipinski definition) is 0. The number of nitro groups is 1. The molecule has 0 aliphatic carbocycles. The maximum atomic E-state index is 10.3. The summed E-state index contributed by atoms with van der Waals surface area (Å²) in [5, 5.41) is 10.3. The first kappa shape index (κ1) is 9.89. The molecule has 1 fully saturated rings. The molecule has 1 aliphatic heterocycles. The highest BCUT2D eigenvalue weighted by Crippen LogP contribution is 2.17. The maximum Gasteiger partial charge on any atom is 0.230 e. The van der Waals surface area contributed by atoms with Gasteiger partial charge >= 0.3 is 0 Å². The van der Waals surface area contributed by atoms with Crippen molar-refractivity contribution in [2.75, 3.05) is 18.0 Å². The van der Waals surface area contributed by atoms with Gasteiger partial charge in [-0.2, -0.15) is 0 Å². The van der Waals surface area contributed by atoms with Gasteiger partial charge in [0.05, 0.1) is 0 Å². The van der Waals surface area contributed by atoms with Crippen molar-refractivity contribution in [3.63, 3.8) is 0 Å². The van der Waals surface area contributed by atoms with Crippen molar-refractivity contribution in [3.8, 4) is 0 Å². The molecule has 5 nitrogen and oxygen atoms in total. The van der Waals surface area contributed by atoms with Crippen LogP contribution in [0.3, 0.4) is 0 Å². The van der Waals surface area contributed by atoms with Crippen LogP contribution in [0.15, 0.2) is 18.3 Å². The molecule has 1 aromatic rings. The third-order valence-corrected chi connectivity index (χ3v) is 2.55. The van der Waals surface area contributed by atoms with Gasteiger partial charge in [0.2, 0.25) is 6.54 Å². The van der Waals surface area contributed by atoms with E-state index in [9.17, 15) is 10.1 Å². The Kier molecular flexibility index (Phi) is 2.80. The molecule has 0 bridgehead atoms. The minimum Gasteiger partial charge on any atom is -0.357 e. The lowest BCUT2D eigenvalue weighted by Crippen LogP contribution is -2.18. The van der Waals surface area contributed by atoms with Gasteiger partial charge in [-0.1, -0.05) is 0 Å². The topological polar surface area (TPSA) is 59.3 Å². The summed E-state index contributed by atoms with van der Waals surface area (Å²) in [7, 11) is 0. The molecule has 2 rings (SSSR count). The molecule has 0 aromatic carbocycles. The standard InChI is InChI=1S/C10H13N3O2/c14-13(15)8-9-3-4-10(11-7-9)12-5-1-2-6-12/h3-4,7H,1-2,5-6,8H2. The van der Waals surface area contributed by atoms with Crippen molar-refractivity contribution in [1.29, 1.82) is 0 Å². The van der Waals surface area contributed by atoms with Crippen LogP contribution in [-0.2, 0) is 6.54 Å². The second-order valence-electron chi connectivity index (χ2n) is 3.71. The van der Waals surface area contributed by atoms with Crippen LogP contribution < -0.4 is 4.90 Å².